The number of anilines is 2. The highest BCUT2D eigenvalue weighted by Crippen LogP contribution is 2.29. The molecule has 0 radical (unpaired) electrons. The van der Waals surface area contributed by atoms with Crippen LogP contribution in [0.5, 0.6) is 0 Å². The van der Waals surface area contributed by atoms with E-state index in [1.807, 2.05) is 30.3 Å². The maximum absolute atomic E-state index is 12.4. The van der Waals surface area contributed by atoms with E-state index in [-0.39, 0.29) is 11.8 Å². The van der Waals surface area contributed by atoms with Gasteiger partial charge in [-0.05, 0) is 55.5 Å². The van der Waals surface area contributed by atoms with E-state index in [1.165, 1.54) is 6.92 Å². The third-order valence-electron chi connectivity index (χ3n) is 4.25. The van der Waals surface area contributed by atoms with Crippen LogP contribution in [-0.4, -0.2) is 21.8 Å². The van der Waals surface area contributed by atoms with Crippen molar-refractivity contribution in [2.75, 3.05) is 10.6 Å². The molecule has 4 aromatic rings. The Hall–Kier alpha value is -3.80. The fourth-order valence-corrected chi connectivity index (χ4v) is 2.96. The third kappa shape index (κ3) is 3.32. The van der Waals surface area contributed by atoms with Gasteiger partial charge in [-0.15, -0.1) is 0 Å². The summed E-state index contributed by atoms with van der Waals surface area (Å²) < 4.78 is 0. The molecular weight excluding hydrogens is 340 g/mol. The number of nitrogens with zero attached hydrogens (tertiary/aromatic N) is 2. The summed E-state index contributed by atoms with van der Waals surface area (Å²) in [4.78, 5) is 32.6. The number of urea groups is 1. The molecule has 0 atom stereocenters. The highest BCUT2D eigenvalue weighted by atomic mass is 16.2. The van der Waals surface area contributed by atoms with Crippen molar-refractivity contribution in [2.45, 2.75) is 6.92 Å². The van der Waals surface area contributed by atoms with Crippen LogP contribution in [0.3, 0.4) is 0 Å². The minimum Gasteiger partial charge on any atom is -0.308 e. The van der Waals surface area contributed by atoms with Crippen LogP contribution in [0.2, 0.25) is 0 Å². The standard InChI is InChI=1S/C21H16N4O2/c1-13(26)14-6-8-16(9-7-14)24-21(27)25-18-12-15-4-2-10-22-19(15)17-5-3-11-23-20(17)18/h2-12H,1H3,(H2,24,25,27). The average molecular weight is 356 g/mol. The normalized spacial score (nSPS) is 10.7. The Labute approximate surface area is 155 Å². The first-order valence-corrected chi connectivity index (χ1v) is 8.43. The number of nitrogens with one attached hydrogen (secondary N) is 2. The van der Waals surface area contributed by atoms with Gasteiger partial charge in [0.1, 0.15) is 0 Å². The summed E-state index contributed by atoms with van der Waals surface area (Å²) in [5, 5.41) is 7.41. The number of fused-ring (bicyclic) bond motifs is 3. The van der Waals surface area contributed by atoms with E-state index in [1.54, 1.807) is 36.7 Å². The van der Waals surface area contributed by atoms with Crippen LogP contribution in [0.25, 0.3) is 21.8 Å². The smallest absolute Gasteiger partial charge is 0.308 e. The minimum atomic E-state index is -0.388. The predicted octanol–water partition coefficient (Wildman–Crippen LogP) is 4.63. The summed E-state index contributed by atoms with van der Waals surface area (Å²) >= 11 is 0. The van der Waals surface area contributed by atoms with Gasteiger partial charge in [-0.3, -0.25) is 14.8 Å². The molecular formula is C21H16N4O2. The molecule has 0 bridgehead atoms. The van der Waals surface area contributed by atoms with Gasteiger partial charge in [0.15, 0.2) is 5.78 Å². The number of benzene rings is 2. The van der Waals surface area contributed by atoms with Crippen molar-refractivity contribution in [3.63, 3.8) is 0 Å². The molecule has 2 aromatic heterocycles. The molecule has 4 rings (SSSR count). The molecule has 0 saturated heterocycles. The Kier molecular flexibility index (Phi) is 4.22. The molecule has 0 aliphatic heterocycles. The summed E-state index contributed by atoms with van der Waals surface area (Å²) in [5.41, 5.74) is 3.30. The van der Waals surface area contributed by atoms with Gasteiger partial charge in [0.05, 0.1) is 16.7 Å². The summed E-state index contributed by atoms with van der Waals surface area (Å²) in [6, 6.07) is 15.8. The lowest BCUT2D eigenvalue weighted by Crippen LogP contribution is -2.19. The fraction of sp³-hybridized carbons (Fsp3) is 0.0476. The number of ketones is 1. The topological polar surface area (TPSA) is 84.0 Å². The third-order valence-corrected chi connectivity index (χ3v) is 4.25. The van der Waals surface area contributed by atoms with E-state index in [4.69, 9.17) is 0 Å². The van der Waals surface area contributed by atoms with Crippen LogP contribution >= 0.6 is 0 Å². The number of rotatable bonds is 3. The maximum atomic E-state index is 12.4. The lowest BCUT2D eigenvalue weighted by molar-refractivity contribution is 0.101. The number of carbonyl (C=O) groups excluding carboxylic acids is 2. The van der Waals surface area contributed by atoms with Gasteiger partial charge < -0.3 is 10.6 Å². The van der Waals surface area contributed by atoms with Crippen molar-refractivity contribution < 1.29 is 9.59 Å². The van der Waals surface area contributed by atoms with Gasteiger partial charge in [0.25, 0.3) is 0 Å². The number of hydrogen-bond donors (Lipinski definition) is 2. The largest absolute Gasteiger partial charge is 0.323 e. The zero-order valence-electron chi connectivity index (χ0n) is 14.6. The van der Waals surface area contributed by atoms with Crippen LogP contribution in [-0.2, 0) is 0 Å². The number of pyridine rings is 2. The predicted molar refractivity (Wildman–Crippen MR) is 106 cm³/mol. The maximum Gasteiger partial charge on any atom is 0.323 e. The molecule has 2 amide bonds. The first-order chi connectivity index (χ1) is 13.1. The van der Waals surface area contributed by atoms with Crippen LogP contribution in [0.1, 0.15) is 17.3 Å². The number of hydrogen-bond acceptors (Lipinski definition) is 4. The average Bonchev–Trinajstić information content (AvgIpc) is 2.68. The fourth-order valence-electron chi connectivity index (χ4n) is 2.96. The van der Waals surface area contributed by atoms with E-state index in [9.17, 15) is 9.59 Å². The molecule has 0 aliphatic rings. The number of carbonyl (C=O) groups is 2. The monoisotopic (exact) mass is 356 g/mol. The molecule has 2 heterocycles. The second kappa shape index (κ2) is 6.84. The molecule has 0 saturated carbocycles. The zero-order valence-corrected chi connectivity index (χ0v) is 14.6. The lowest BCUT2D eigenvalue weighted by Gasteiger charge is -2.11. The molecule has 2 N–H and O–H groups in total. The van der Waals surface area contributed by atoms with E-state index in [0.717, 1.165) is 16.3 Å². The molecule has 6 nitrogen and oxygen atoms in total. The van der Waals surface area contributed by atoms with E-state index in [2.05, 4.69) is 20.6 Å². The van der Waals surface area contributed by atoms with Crippen molar-refractivity contribution in [1.82, 2.24) is 9.97 Å². The molecule has 2 aromatic carbocycles. The summed E-state index contributed by atoms with van der Waals surface area (Å²) in [6.07, 6.45) is 3.42. The second-order valence-corrected chi connectivity index (χ2v) is 6.11. The quantitative estimate of drug-likeness (QED) is 0.414. The molecule has 0 unspecified atom stereocenters. The Morgan fingerprint density at radius 1 is 0.852 bits per heavy atom. The van der Waals surface area contributed by atoms with Gasteiger partial charge in [-0.2, -0.15) is 0 Å². The van der Waals surface area contributed by atoms with Crippen molar-refractivity contribution >= 4 is 45.0 Å². The Morgan fingerprint density at radius 2 is 1.56 bits per heavy atom. The number of aromatic nitrogens is 2. The van der Waals surface area contributed by atoms with Gasteiger partial charge in [-0.25, -0.2) is 4.79 Å². The van der Waals surface area contributed by atoms with E-state index >= 15 is 0 Å². The Balaban J connectivity index is 1.64. The van der Waals surface area contributed by atoms with Crippen molar-refractivity contribution in [3.8, 4) is 0 Å². The molecule has 6 heteroatoms. The van der Waals surface area contributed by atoms with Crippen LogP contribution < -0.4 is 10.6 Å². The molecule has 27 heavy (non-hydrogen) atoms. The van der Waals surface area contributed by atoms with Crippen molar-refractivity contribution in [2.24, 2.45) is 0 Å². The van der Waals surface area contributed by atoms with Crippen LogP contribution in [0.15, 0.2) is 67.0 Å². The number of amides is 2. The van der Waals surface area contributed by atoms with Gasteiger partial charge >= 0.3 is 6.03 Å². The minimum absolute atomic E-state index is 0.0201. The highest BCUT2D eigenvalue weighted by molar-refractivity contribution is 6.13. The van der Waals surface area contributed by atoms with E-state index < -0.39 is 0 Å². The Bertz CT molecular complexity index is 1170. The van der Waals surface area contributed by atoms with Crippen LogP contribution in [0, 0.1) is 0 Å². The van der Waals surface area contributed by atoms with Crippen molar-refractivity contribution in [1.29, 1.82) is 0 Å². The number of Topliss-reactive ketones (excluding diaryl/α,β-unsaturated/α-hetero) is 1. The van der Waals surface area contributed by atoms with Gasteiger partial charge in [0, 0.05) is 34.4 Å². The summed E-state index contributed by atoms with van der Waals surface area (Å²) in [5.74, 6) is -0.0201. The Morgan fingerprint density at radius 3 is 2.30 bits per heavy atom. The molecule has 0 aliphatic carbocycles. The first kappa shape index (κ1) is 16.7. The SMILES string of the molecule is CC(=O)c1ccc(NC(=O)Nc2cc3cccnc3c3cccnc23)cc1. The zero-order chi connectivity index (χ0) is 18.8. The summed E-state index contributed by atoms with van der Waals surface area (Å²) in [7, 11) is 0. The molecule has 0 fully saturated rings. The summed E-state index contributed by atoms with van der Waals surface area (Å²) in [6.45, 7) is 1.50. The molecule has 132 valence electrons. The van der Waals surface area contributed by atoms with Crippen molar-refractivity contribution in [3.05, 3.63) is 72.6 Å². The first-order valence-electron chi connectivity index (χ1n) is 8.43. The van der Waals surface area contributed by atoms with E-state index in [0.29, 0.717) is 22.5 Å². The van der Waals surface area contributed by atoms with Crippen LogP contribution in [0.4, 0.5) is 16.2 Å². The molecule has 0 spiro atoms. The highest BCUT2D eigenvalue weighted by Gasteiger charge is 2.11. The van der Waals surface area contributed by atoms with Gasteiger partial charge in [-0.1, -0.05) is 6.07 Å². The van der Waals surface area contributed by atoms with Gasteiger partial charge in [0.2, 0.25) is 0 Å². The second-order valence-electron chi connectivity index (χ2n) is 6.11. The lowest BCUT2D eigenvalue weighted by atomic mass is 10.1.